The topological polar surface area (TPSA) is 72.9 Å². The predicted octanol–water partition coefficient (Wildman–Crippen LogP) is 1.68. The smallest absolute Gasteiger partial charge is 0.246 e. The van der Waals surface area contributed by atoms with Gasteiger partial charge in [0.1, 0.15) is 11.8 Å². The lowest BCUT2D eigenvalue weighted by molar-refractivity contribution is -0.127. The normalized spacial score (nSPS) is 19.2. The summed E-state index contributed by atoms with van der Waals surface area (Å²) >= 11 is -2.53. The number of likely N-dealkylation sites (N-methyl/N-ethyl adjacent to an activating group) is 1. The zero-order valence-corrected chi connectivity index (χ0v) is 13.7. The van der Waals surface area contributed by atoms with Gasteiger partial charge in [0.15, 0.2) is 0 Å². The van der Waals surface area contributed by atoms with Gasteiger partial charge in [0, 0.05) is 30.5 Å². The average molecular weight is 333 g/mol. The Hall–Kier alpha value is -2.12. The van der Waals surface area contributed by atoms with Crippen LogP contribution in [0.25, 0.3) is 10.8 Å². The Labute approximate surface area is 137 Å². The van der Waals surface area contributed by atoms with E-state index in [2.05, 4.69) is 0 Å². The average Bonchev–Trinajstić information content (AvgIpc) is 2.86. The van der Waals surface area contributed by atoms with Crippen molar-refractivity contribution in [2.45, 2.75) is 12.5 Å². The van der Waals surface area contributed by atoms with E-state index in [1.807, 2.05) is 24.3 Å². The standard InChI is InChI=1S/C16H18N2O4S/c1-17-8-7-15(16(17)19)18(23(20)21)13-5-3-11-4-6-14(22-2)10-12(11)9-13/h3-6,9-10,15H,7-8H2,1-2H3,(H,20,21)/p-1. The number of carbonyl (C=O) groups excluding carboxylic acids is 1. The van der Waals surface area contributed by atoms with Crippen LogP contribution in [0.15, 0.2) is 36.4 Å². The van der Waals surface area contributed by atoms with Gasteiger partial charge in [0.2, 0.25) is 5.91 Å². The molecule has 3 rings (SSSR count). The number of hydrogen-bond donors (Lipinski definition) is 0. The summed E-state index contributed by atoms with van der Waals surface area (Å²) in [5, 5.41) is 1.83. The van der Waals surface area contributed by atoms with E-state index in [0.29, 0.717) is 24.4 Å². The Kier molecular flexibility index (Phi) is 4.23. The van der Waals surface area contributed by atoms with E-state index in [-0.39, 0.29) is 5.91 Å². The third-order valence-electron chi connectivity index (χ3n) is 4.13. The first-order valence-electron chi connectivity index (χ1n) is 7.22. The molecule has 1 heterocycles. The number of likely N-dealkylation sites (tertiary alicyclic amines) is 1. The monoisotopic (exact) mass is 333 g/mol. The van der Waals surface area contributed by atoms with Crippen molar-refractivity contribution in [3.63, 3.8) is 0 Å². The minimum absolute atomic E-state index is 0.181. The fourth-order valence-corrected chi connectivity index (χ4v) is 3.56. The summed E-state index contributed by atoms with van der Waals surface area (Å²) in [7, 11) is 3.26. The van der Waals surface area contributed by atoms with Gasteiger partial charge in [-0.15, -0.1) is 0 Å². The molecule has 23 heavy (non-hydrogen) atoms. The van der Waals surface area contributed by atoms with Gasteiger partial charge in [0.05, 0.1) is 7.11 Å². The molecule has 1 fully saturated rings. The highest BCUT2D eigenvalue weighted by molar-refractivity contribution is 7.80. The lowest BCUT2D eigenvalue weighted by atomic mass is 10.1. The van der Waals surface area contributed by atoms with Crippen LogP contribution in [0.5, 0.6) is 5.75 Å². The van der Waals surface area contributed by atoms with Gasteiger partial charge in [-0.05, 0) is 41.5 Å². The van der Waals surface area contributed by atoms with Gasteiger partial charge in [0.25, 0.3) is 0 Å². The van der Waals surface area contributed by atoms with Crippen molar-refractivity contribution in [2.75, 3.05) is 25.0 Å². The van der Waals surface area contributed by atoms with Crippen LogP contribution in [0.2, 0.25) is 0 Å². The Morgan fingerprint density at radius 1 is 1.26 bits per heavy atom. The van der Waals surface area contributed by atoms with E-state index in [4.69, 9.17) is 4.74 Å². The minimum Gasteiger partial charge on any atom is -0.755 e. The maximum absolute atomic E-state index is 12.2. The van der Waals surface area contributed by atoms with Crippen LogP contribution in [-0.4, -0.2) is 46.3 Å². The van der Waals surface area contributed by atoms with Crippen LogP contribution in [-0.2, 0) is 16.1 Å². The zero-order chi connectivity index (χ0) is 16.6. The SMILES string of the molecule is COc1ccc2ccc(N(C3CCN(C)C3=O)S(=O)[O-])cc2c1. The Balaban J connectivity index is 2.04. The van der Waals surface area contributed by atoms with Gasteiger partial charge >= 0.3 is 0 Å². The molecule has 1 saturated heterocycles. The summed E-state index contributed by atoms with van der Waals surface area (Å²) in [5.41, 5.74) is 0.479. The Morgan fingerprint density at radius 3 is 2.61 bits per heavy atom. The molecule has 2 unspecified atom stereocenters. The first kappa shape index (κ1) is 15.8. The molecule has 1 aliphatic heterocycles. The molecule has 0 radical (unpaired) electrons. The minimum atomic E-state index is -2.53. The second-order valence-corrected chi connectivity index (χ2v) is 6.33. The highest BCUT2D eigenvalue weighted by Gasteiger charge is 2.35. The predicted molar refractivity (Wildman–Crippen MR) is 87.9 cm³/mol. The summed E-state index contributed by atoms with van der Waals surface area (Å²) < 4.78 is 29.8. The highest BCUT2D eigenvalue weighted by Crippen LogP contribution is 2.29. The zero-order valence-electron chi connectivity index (χ0n) is 12.9. The van der Waals surface area contributed by atoms with Crippen LogP contribution in [0.4, 0.5) is 5.69 Å². The van der Waals surface area contributed by atoms with Crippen molar-refractivity contribution >= 4 is 33.6 Å². The molecule has 1 amide bonds. The Bertz CT molecular complexity index is 780. The first-order valence-corrected chi connectivity index (χ1v) is 8.26. The molecule has 0 spiro atoms. The van der Waals surface area contributed by atoms with Crippen molar-refractivity contribution in [3.05, 3.63) is 36.4 Å². The van der Waals surface area contributed by atoms with Crippen molar-refractivity contribution in [1.29, 1.82) is 0 Å². The van der Waals surface area contributed by atoms with Gasteiger partial charge < -0.3 is 14.2 Å². The maximum atomic E-state index is 12.2. The number of methoxy groups -OCH3 is 1. The maximum Gasteiger partial charge on any atom is 0.246 e. The van der Waals surface area contributed by atoms with E-state index >= 15 is 0 Å². The van der Waals surface area contributed by atoms with Crippen LogP contribution in [0.3, 0.4) is 0 Å². The van der Waals surface area contributed by atoms with Crippen molar-refractivity contribution in [3.8, 4) is 5.75 Å². The molecular formula is C16H17N2O4S-. The molecule has 0 aliphatic carbocycles. The van der Waals surface area contributed by atoms with E-state index in [1.54, 1.807) is 31.2 Å². The molecule has 7 heteroatoms. The van der Waals surface area contributed by atoms with Crippen molar-refractivity contribution in [2.24, 2.45) is 0 Å². The highest BCUT2D eigenvalue weighted by atomic mass is 32.2. The van der Waals surface area contributed by atoms with Gasteiger partial charge in [-0.1, -0.05) is 12.1 Å². The number of ether oxygens (including phenoxy) is 1. The second kappa shape index (κ2) is 6.17. The van der Waals surface area contributed by atoms with E-state index in [9.17, 15) is 13.6 Å². The summed E-state index contributed by atoms with van der Waals surface area (Å²) in [6.45, 7) is 0.554. The van der Waals surface area contributed by atoms with Crippen molar-refractivity contribution < 1.29 is 18.3 Å². The number of anilines is 1. The summed E-state index contributed by atoms with van der Waals surface area (Å²) in [6, 6.07) is 10.2. The number of hydrogen-bond acceptors (Lipinski definition) is 4. The van der Waals surface area contributed by atoms with E-state index in [0.717, 1.165) is 15.1 Å². The summed E-state index contributed by atoms with van der Waals surface area (Å²) in [6.07, 6.45) is 0.486. The van der Waals surface area contributed by atoms with Gasteiger partial charge in [-0.3, -0.25) is 13.3 Å². The molecule has 2 atom stereocenters. The molecule has 0 aromatic heterocycles. The quantitative estimate of drug-likeness (QED) is 0.798. The molecule has 122 valence electrons. The molecule has 0 bridgehead atoms. The van der Waals surface area contributed by atoms with Gasteiger partial charge in [-0.2, -0.15) is 0 Å². The van der Waals surface area contributed by atoms with Crippen LogP contribution < -0.4 is 9.04 Å². The third kappa shape index (κ3) is 2.89. The molecule has 6 nitrogen and oxygen atoms in total. The molecule has 0 saturated carbocycles. The summed E-state index contributed by atoms with van der Waals surface area (Å²) in [4.78, 5) is 13.7. The van der Waals surface area contributed by atoms with Crippen molar-refractivity contribution in [1.82, 2.24) is 4.90 Å². The number of rotatable bonds is 4. The lowest BCUT2D eigenvalue weighted by Crippen LogP contribution is -2.42. The first-order chi connectivity index (χ1) is 11.0. The number of benzene rings is 2. The third-order valence-corrected chi connectivity index (χ3v) is 4.91. The largest absolute Gasteiger partial charge is 0.755 e. The Morgan fingerprint density at radius 2 is 2.00 bits per heavy atom. The van der Waals surface area contributed by atoms with Crippen LogP contribution >= 0.6 is 0 Å². The number of amides is 1. The number of fused-ring (bicyclic) bond motifs is 1. The summed E-state index contributed by atoms with van der Waals surface area (Å²) in [5.74, 6) is 0.515. The van der Waals surface area contributed by atoms with E-state index < -0.39 is 17.3 Å². The van der Waals surface area contributed by atoms with Gasteiger partial charge in [-0.25, -0.2) is 0 Å². The number of nitrogens with zero attached hydrogens (tertiary/aromatic N) is 2. The van der Waals surface area contributed by atoms with E-state index in [1.165, 1.54) is 0 Å². The molecular weight excluding hydrogens is 316 g/mol. The fourth-order valence-electron chi connectivity index (χ4n) is 2.87. The fraction of sp³-hybridized carbons (Fsp3) is 0.312. The second-order valence-electron chi connectivity index (χ2n) is 5.50. The van der Waals surface area contributed by atoms with Crippen LogP contribution in [0, 0.1) is 0 Å². The molecule has 1 aliphatic rings. The van der Waals surface area contributed by atoms with Crippen LogP contribution in [0.1, 0.15) is 6.42 Å². The molecule has 2 aromatic rings. The number of carbonyl (C=O) groups is 1. The lowest BCUT2D eigenvalue weighted by Gasteiger charge is -2.31. The molecule has 2 aromatic carbocycles. The molecule has 0 N–H and O–H groups in total.